The average molecular weight is 541 g/mol. The van der Waals surface area contributed by atoms with Gasteiger partial charge in [0.2, 0.25) is 11.8 Å². The third kappa shape index (κ3) is 25.8. The maximum absolute atomic E-state index is 12.5. The smallest absolute Gasteiger partial charge is 0.407 e. The first-order chi connectivity index (χ1) is 18.5. The van der Waals surface area contributed by atoms with Gasteiger partial charge in [-0.15, -0.1) is 0 Å². The van der Waals surface area contributed by atoms with Crippen LogP contribution in [0.3, 0.4) is 0 Å². The van der Waals surface area contributed by atoms with E-state index in [1.54, 1.807) is 0 Å². The van der Waals surface area contributed by atoms with E-state index >= 15 is 0 Å². The third-order valence-electron chi connectivity index (χ3n) is 6.75. The largest absolute Gasteiger partial charge is 0.447 e. The van der Waals surface area contributed by atoms with Crippen molar-refractivity contribution in [3.8, 4) is 0 Å². The molecule has 1 atom stereocenters. The van der Waals surface area contributed by atoms with Crippen LogP contribution in [0.4, 0.5) is 4.79 Å². The van der Waals surface area contributed by atoms with Crippen molar-refractivity contribution in [3.63, 3.8) is 0 Å². The Morgan fingerprint density at radius 2 is 1.08 bits per heavy atom. The van der Waals surface area contributed by atoms with Crippen molar-refractivity contribution < 1.29 is 19.1 Å². The molecule has 0 aliphatic rings. The van der Waals surface area contributed by atoms with Crippen molar-refractivity contribution in [1.29, 1.82) is 0 Å². The fourth-order valence-electron chi connectivity index (χ4n) is 4.37. The van der Waals surface area contributed by atoms with E-state index in [0.29, 0.717) is 25.9 Å². The summed E-state index contributed by atoms with van der Waals surface area (Å²) in [6.07, 6.45) is 22.0. The van der Waals surface area contributed by atoms with Crippen LogP contribution in [0, 0.1) is 0 Å². The van der Waals surface area contributed by atoms with Crippen LogP contribution in [0.5, 0.6) is 0 Å². The number of alkyl carbamates (subject to hydrolysis) is 1. The molecule has 0 heterocycles. The molecular weight excluding hydrogens is 480 g/mol. The van der Waals surface area contributed by atoms with E-state index in [-0.39, 0.29) is 25.0 Å². The predicted molar refractivity (Wildman–Crippen MR) is 157 cm³/mol. The normalized spacial score (nSPS) is 11.7. The van der Waals surface area contributed by atoms with Crippen LogP contribution in [0.2, 0.25) is 0 Å². The molecule has 0 saturated carbocycles. The maximum Gasteiger partial charge on any atom is 0.407 e. The number of hydrogen-bond donors (Lipinski definition) is 4. The second-order valence-electron chi connectivity index (χ2n) is 10.5. The molecule has 8 nitrogen and oxygen atoms in total. The topological polar surface area (TPSA) is 123 Å². The standard InChI is InChI=1S/C30H60N4O4/c1-3-5-7-9-11-13-15-17-19-21-28(35)33-25-27(26-38-30(37)32-24-23-31)34-29(36)22-20-18-16-14-12-10-8-6-4-2/h27H,3-26,31H2,1-2H3,(H,32,37)(H,33,35)(H,34,36). The third-order valence-corrected chi connectivity index (χ3v) is 6.75. The molecule has 0 aromatic carbocycles. The maximum atomic E-state index is 12.5. The number of nitrogens with one attached hydrogen (secondary N) is 3. The molecule has 0 radical (unpaired) electrons. The Morgan fingerprint density at radius 3 is 1.55 bits per heavy atom. The monoisotopic (exact) mass is 540 g/mol. The fourth-order valence-corrected chi connectivity index (χ4v) is 4.37. The second kappa shape index (κ2) is 28.2. The van der Waals surface area contributed by atoms with Crippen LogP contribution in [-0.4, -0.2) is 50.2 Å². The van der Waals surface area contributed by atoms with Gasteiger partial charge >= 0.3 is 6.09 Å². The van der Waals surface area contributed by atoms with Crippen LogP contribution in [-0.2, 0) is 14.3 Å². The minimum atomic E-state index is -0.574. The summed E-state index contributed by atoms with van der Waals surface area (Å²) < 4.78 is 5.23. The summed E-state index contributed by atoms with van der Waals surface area (Å²) in [5, 5.41) is 8.38. The first kappa shape index (κ1) is 36.2. The number of ether oxygens (including phenoxy) is 1. The summed E-state index contributed by atoms with van der Waals surface area (Å²) in [5.41, 5.74) is 5.40. The van der Waals surface area contributed by atoms with Gasteiger partial charge in [-0.3, -0.25) is 9.59 Å². The van der Waals surface area contributed by atoms with Crippen molar-refractivity contribution in [3.05, 3.63) is 0 Å². The highest BCUT2D eigenvalue weighted by molar-refractivity contribution is 5.77. The van der Waals surface area contributed by atoms with Gasteiger partial charge in [-0.2, -0.15) is 0 Å². The zero-order chi connectivity index (χ0) is 28.1. The van der Waals surface area contributed by atoms with Gasteiger partial charge in [0.05, 0.1) is 6.04 Å². The molecule has 8 heteroatoms. The molecule has 0 saturated heterocycles. The van der Waals surface area contributed by atoms with E-state index in [4.69, 9.17) is 10.5 Å². The number of hydrogen-bond acceptors (Lipinski definition) is 5. The lowest BCUT2D eigenvalue weighted by Gasteiger charge is -2.19. The molecule has 1 unspecified atom stereocenters. The highest BCUT2D eigenvalue weighted by atomic mass is 16.5. The second-order valence-corrected chi connectivity index (χ2v) is 10.5. The lowest BCUT2D eigenvalue weighted by atomic mass is 10.1. The highest BCUT2D eigenvalue weighted by Gasteiger charge is 2.16. The summed E-state index contributed by atoms with van der Waals surface area (Å²) in [6, 6.07) is -0.461. The fraction of sp³-hybridized carbons (Fsp3) is 0.900. The summed E-state index contributed by atoms with van der Waals surface area (Å²) in [6.45, 7) is 5.34. The van der Waals surface area contributed by atoms with Crippen LogP contribution in [0.15, 0.2) is 0 Å². The van der Waals surface area contributed by atoms with Gasteiger partial charge in [0, 0.05) is 32.5 Å². The van der Waals surface area contributed by atoms with Gasteiger partial charge < -0.3 is 26.4 Å². The lowest BCUT2D eigenvalue weighted by molar-refractivity contribution is -0.124. The van der Waals surface area contributed by atoms with Crippen LogP contribution >= 0.6 is 0 Å². The van der Waals surface area contributed by atoms with Gasteiger partial charge in [-0.1, -0.05) is 117 Å². The number of carbonyl (C=O) groups is 3. The van der Waals surface area contributed by atoms with Crippen molar-refractivity contribution in [2.45, 2.75) is 148 Å². The molecule has 0 bridgehead atoms. The van der Waals surface area contributed by atoms with Gasteiger partial charge in [0.1, 0.15) is 6.61 Å². The number of rotatable bonds is 27. The minimum Gasteiger partial charge on any atom is -0.447 e. The number of unbranched alkanes of at least 4 members (excludes halogenated alkanes) is 16. The first-order valence-corrected chi connectivity index (χ1v) is 15.7. The molecule has 0 aromatic heterocycles. The molecule has 0 aliphatic heterocycles. The van der Waals surface area contributed by atoms with E-state index in [0.717, 1.165) is 32.1 Å². The van der Waals surface area contributed by atoms with E-state index in [9.17, 15) is 14.4 Å². The Labute approximate surface area is 233 Å². The minimum absolute atomic E-state index is 0.00177. The molecule has 0 aromatic rings. The van der Waals surface area contributed by atoms with Crippen molar-refractivity contribution in [2.75, 3.05) is 26.2 Å². The van der Waals surface area contributed by atoms with Gasteiger partial charge in [-0.25, -0.2) is 4.79 Å². The molecule has 224 valence electrons. The number of nitrogens with two attached hydrogens (primary N) is 1. The Kier molecular flexibility index (Phi) is 26.8. The Bertz CT molecular complexity index is 574. The average Bonchev–Trinajstić information content (AvgIpc) is 2.91. The highest BCUT2D eigenvalue weighted by Crippen LogP contribution is 2.11. The molecule has 5 N–H and O–H groups in total. The first-order valence-electron chi connectivity index (χ1n) is 15.7. The summed E-state index contributed by atoms with van der Waals surface area (Å²) in [7, 11) is 0. The molecule has 0 fully saturated rings. The van der Waals surface area contributed by atoms with Crippen molar-refractivity contribution in [1.82, 2.24) is 16.0 Å². The molecular formula is C30H60N4O4. The molecule has 38 heavy (non-hydrogen) atoms. The molecule has 0 aliphatic carbocycles. The number of carbonyl (C=O) groups excluding carboxylic acids is 3. The van der Waals surface area contributed by atoms with E-state index in [2.05, 4.69) is 29.8 Å². The predicted octanol–water partition coefficient (Wildman–Crippen LogP) is 6.11. The van der Waals surface area contributed by atoms with Crippen LogP contribution in [0.25, 0.3) is 0 Å². The Morgan fingerprint density at radius 1 is 0.632 bits per heavy atom. The van der Waals surface area contributed by atoms with Crippen molar-refractivity contribution in [2.24, 2.45) is 5.73 Å². The number of amides is 3. The lowest BCUT2D eigenvalue weighted by Crippen LogP contribution is -2.47. The van der Waals surface area contributed by atoms with E-state index in [1.807, 2.05) is 0 Å². The van der Waals surface area contributed by atoms with Gasteiger partial charge in [0.15, 0.2) is 0 Å². The van der Waals surface area contributed by atoms with Crippen LogP contribution < -0.4 is 21.7 Å². The van der Waals surface area contributed by atoms with Crippen LogP contribution in [0.1, 0.15) is 142 Å². The summed E-state index contributed by atoms with van der Waals surface area (Å²) >= 11 is 0. The molecule has 3 amide bonds. The zero-order valence-electron chi connectivity index (χ0n) is 24.8. The quantitative estimate of drug-likeness (QED) is 0.0936. The van der Waals surface area contributed by atoms with Gasteiger partial charge in [0.25, 0.3) is 0 Å². The Balaban J connectivity index is 4.20. The molecule has 0 spiro atoms. The van der Waals surface area contributed by atoms with E-state index < -0.39 is 12.1 Å². The summed E-state index contributed by atoms with van der Waals surface area (Å²) in [5.74, 6) is -0.101. The SMILES string of the molecule is CCCCCCCCCCCC(=O)NCC(COC(=O)NCCN)NC(=O)CCCCCCCCCCC. The summed E-state index contributed by atoms with van der Waals surface area (Å²) in [4.78, 5) is 36.6. The molecule has 0 rings (SSSR count). The van der Waals surface area contributed by atoms with E-state index in [1.165, 1.54) is 83.5 Å². The van der Waals surface area contributed by atoms with Crippen molar-refractivity contribution >= 4 is 17.9 Å². The van der Waals surface area contributed by atoms with Gasteiger partial charge in [-0.05, 0) is 12.8 Å². The Hall–Kier alpha value is -1.83. The zero-order valence-corrected chi connectivity index (χ0v) is 24.8.